The van der Waals surface area contributed by atoms with Crippen molar-refractivity contribution in [3.63, 3.8) is 0 Å². The van der Waals surface area contributed by atoms with Crippen LogP contribution < -0.4 is 5.32 Å². The van der Waals surface area contributed by atoms with E-state index in [2.05, 4.69) is 50.4 Å². The zero-order chi connectivity index (χ0) is 12.0. The fourth-order valence-electron chi connectivity index (χ4n) is 1.93. The Labute approximate surface area is 99.0 Å². The Morgan fingerprint density at radius 3 is 2.56 bits per heavy atom. The number of ether oxygens (including phenoxy) is 1. The van der Waals surface area contributed by atoms with Gasteiger partial charge in [0.15, 0.2) is 0 Å². The van der Waals surface area contributed by atoms with Crippen LogP contribution in [0.5, 0.6) is 0 Å². The molecule has 2 nitrogen and oxygen atoms in total. The minimum Gasteiger partial charge on any atom is -0.380 e. The first kappa shape index (κ1) is 13.2. The van der Waals surface area contributed by atoms with E-state index in [4.69, 9.17) is 4.74 Å². The van der Waals surface area contributed by atoms with Crippen LogP contribution in [0.25, 0.3) is 0 Å². The lowest BCUT2D eigenvalue weighted by Crippen LogP contribution is -2.33. The Kier molecular flexibility index (Phi) is 5.50. The van der Waals surface area contributed by atoms with E-state index in [1.54, 1.807) is 0 Å². The molecule has 0 bridgehead atoms. The summed E-state index contributed by atoms with van der Waals surface area (Å²) in [5.74, 6) is 0. The number of hydrogen-bond donors (Lipinski definition) is 1. The van der Waals surface area contributed by atoms with Gasteiger partial charge in [-0.2, -0.15) is 0 Å². The summed E-state index contributed by atoms with van der Waals surface area (Å²) in [4.78, 5) is 0. The summed E-state index contributed by atoms with van der Waals surface area (Å²) in [5, 5.41) is 3.55. The van der Waals surface area contributed by atoms with Crippen molar-refractivity contribution in [1.29, 1.82) is 0 Å². The molecular weight excluding hydrogens is 198 g/mol. The SMILES string of the molecule is CCOCC(C)N[C@@H](C)c1ccccc1C. The van der Waals surface area contributed by atoms with E-state index in [1.165, 1.54) is 11.1 Å². The largest absolute Gasteiger partial charge is 0.380 e. The van der Waals surface area contributed by atoms with Crippen LogP contribution in [-0.2, 0) is 4.74 Å². The highest BCUT2D eigenvalue weighted by molar-refractivity contribution is 5.28. The average Bonchev–Trinajstić information content (AvgIpc) is 2.26. The summed E-state index contributed by atoms with van der Waals surface area (Å²) in [5.41, 5.74) is 2.71. The van der Waals surface area contributed by atoms with Crippen LogP contribution in [0, 0.1) is 6.92 Å². The van der Waals surface area contributed by atoms with Crippen LogP contribution in [0.4, 0.5) is 0 Å². The fourth-order valence-corrected chi connectivity index (χ4v) is 1.93. The van der Waals surface area contributed by atoms with Crippen molar-refractivity contribution in [2.75, 3.05) is 13.2 Å². The topological polar surface area (TPSA) is 21.3 Å². The van der Waals surface area contributed by atoms with E-state index >= 15 is 0 Å². The van der Waals surface area contributed by atoms with Crippen molar-refractivity contribution < 1.29 is 4.74 Å². The molecule has 0 heterocycles. The third-order valence-electron chi connectivity index (χ3n) is 2.76. The lowest BCUT2D eigenvalue weighted by Gasteiger charge is -2.21. The minimum atomic E-state index is 0.372. The molecule has 1 N–H and O–H groups in total. The van der Waals surface area contributed by atoms with Crippen molar-refractivity contribution in [3.8, 4) is 0 Å². The average molecular weight is 221 g/mol. The lowest BCUT2D eigenvalue weighted by atomic mass is 10.0. The smallest absolute Gasteiger partial charge is 0.0616 e. The first-order chi connectivity index (χ1) is 7.65. The van der Waals surface area contributed by atoms with Gasteiger partial charge >= 0.3 is 0 Å². The Balaban J connectivity index is 2.52. The normalized spacial score (nSPS) is 14.8. The van der Waals surface area contributed by atoms with Gasteiger partial charge in [-0.15, -0.1) is 0 Å². The molecule has 0 amide bonds. The quantitative estimate of drug-likeness (QED) is 0.797. The van der Waals surface area contributed by atoms with Crippen LogP contribution in [0.2, 0.25) is 0 Å². The molecule has 0 aliphatic carbocycles. The van der Waals surface area contributed by atoms with E-state index in [9.17, 15) is 0 Å². The molecule has 2 atom stereocenters. The molecular formula is C14H23NO. The molecule has 0 aromatic heterocycles. The zero-order valence-corrected chi connectivity index (χ0v) is 10.8. The van der Waals surface area contributed by atoms with Crippen molar-refractivity contribution in [2.24, 2.45) is 0 Å². The lowest BCUT2D eigenvalue weighted by molar-refractivity contribution is 0.124. The third kappa shape index (κ3) is 3.95. The van der Waals surface area contributed by atoms with E-state index in [0.717, 1.165) is 13.2 Å². The maximum atomic E-state index is 5.40. The maximum Gasteiger partial charge on any atom is 0.0616 e. The van der Waals surface area contributed by atoms with Gasteiger partial charge in [0.2, 0.25) is 0 Å². The second kappa shape index (κ2) is 6.66. The summed E-state index contributed by atoms with van der Waals surface area (Å²) in [6.45, 7) is 10.1. The molecule has 1 rings (SSSR count). The highest BCUT2D eigenvalue weighted by Crippen LogP contribution is 2.17. The van der Waals surface area contributed by atoms with Gasteiger partial charge in [-0.05, 0) is 38.8 Å². The van der Waals surface area contributed by atoms with Gasteiger partial charge < -0.3 is 10.1 Å². The molecule has 0 fully saturated rings. The van der Waals surface area contributed by atoms with Gasteiger partial charge in [0.05, 0.1) is 6.61 Å². The summed E-state index contributed by atoms with van der Waals surface area (Å²) in [6, 6.07) is 9.26. The minimum absolute atomic E-state index is 0.372. The van der Waals surface area contributed by atoms with Gasteiger partial charge in [0.1, 0.15) is 0 Å². The number of hydrogen-bond acceptors (Lipinski definition) is 2. The van der Waals surface area contributed by atoms with Gasteiger partial charge in [0.25, 0.3) is 0 Å². The predicted octanol–water partition coefficient (Wildman–Crippen LogP) is 3.07. The second-order valence-corrected chi connectivity index (χ2v) is 4.31. The first-order valence-electron chi connectivity index (χ1n) is 6.04. The van der Waals surface area contributed by atoms with Crippen molar-refractivity contribution in [3.05, 3.63) is 35.4 Å². The molecule has 0 spiro atoms. The molecule has 0 saturated heterocycles. The monoisotopic (exact) mass is 221 g/mol. The molecule has 1 aromatic rings. The van der Waals surface area contributed by atoms with E-state index in [1.807, 2.05) is 6.92 Å². The Bertz CT molecular complexity index is 311. The van der Waals surface area contributed by atoms with Gasteiger partial charge in [-0.3, -0.25) is 0 Å². The summed E-state index contributed by atoms with van der Waals surface area (Å²) >= 11 is 0. The van der Waals surface area contributed by atoms with Crippen molar-refractivity contribution >= 4 is 0 Å². The summed E-state index contributed by atoms with van der Waals surface area (Å²) in [7, 11) is 0. The highest BCUT2D eigenvalue weighted by Gasteiger charge is 2.10. The molecule has 0 radical (unpaired) electrons. The molecule has 0 aliphatic heterocycles. The van der Waals surface area contributed by atoms with Crippen LogP contribution in [0.3, 0.4) is 0 Å². The number of aryl methyl sites for hydroxylation is 1. The standard InChI is InChI=1S/C14H23NO/c1-5-16-10-12(3)15-13(4)14-9-7-6-8-11(14)2/h6-9,12-13,15H,5,10H2,1-4H3/t12?,13-/m0/s1. The Hall–Kier alpha value is -0.860. The third-order valence-corrected chi connectivity index (χ3v) is 2.76. The van der Waals surface area contributed by atoms with Crippen LogP contribution in [0.15, 0.2) is 24.3 Å². The number of benzene rings is 1. The van der Waals surface area contributed by atoms with Crippen molar-refractivity contribution in [2.45, 2.75) is 39.8 Å². The van der Waals surface area contributed by atoms with Gasteiger partial charge in [-0.1, -0.05) is 24.3 Å². The molecule has 16 heavy (non-hydrogen) atoms. The second-order valence-electron chi connectivity index (χ2n) is 4.31. The Morgan fingerprint density at radius 2 is 1.94 bits per heavy atom. The van der Waals surface area contributed by atoms with E-state index in [0.29, 0.717) is 12.1 Å². The first-order valence-corrected chi connectivity index (χ1v) is 6.04. The maximum absolute atomic E-state index is 5.40. The molecule has 1 unspecified atom stereocenters. The zero-order valence-electron chi connectivity index (χ0n) is 10.8. The van der Waals surface area contributed by atoms with Gasteiger partial charge in [0, 0.05) is 18.7 Å². The summed E-state index contributed by atoms with van der Waals surface area (Å²) < 4.78 is 5.40. The van der Waals surface area contributed by atoms with Crippen LogP contribution >= 0.6 is 0 Å². The molecule has 2 heteroatoms. The molecule has 0 saturated carbocycles. The molecule has 0 aliphatic rings. The summed E-state index contributed by atoms with van der Waals surface area (Å²) in [6.07, 6.45) is 0. The van der Waals surface area contributed by atoms with Crippen LogP contribution in [-0.4, -0.2) is 19.3 Å². The predicted molar refractivity (Wildman–Crippen MR) is 68.7 cm³/mol. The van der Waals surface area contributed by atoms with Crippen LogP contribution in [0.1, 0.15) is 37.9 Å². The molecule has 90 valence electrons. The van der Waals surface area contributed by atoms with E-state index < -0.39 is 0 Å². The van der Waals surface area contributed by atoms with Gasteiger partial charge in [-0.25, -0.2) is 0 Å². The number of rotatable bonds is 6. The fraction of sp³-hybridized carbons (Fsp3) is 0.571. The van der Waals surface area contributed by atoms with E-state index in [-0.39, 0.29) is 0 Å². The van der Waals surface area contributed by atoms with Crippen molar-refractivity contribution in [1.82, 2.24) is 5.32 Å². The molecule has 1 aromatic carbocycles. The highest BCUT2D eigenvalue weighted by atomic mass is 16.5. The Morgan fingerprint density at radius 1 is 1.25 bits per heavy atom. The number of nitrogens with one attached hydrogen (secondary N) is 1.